The second-order valence-electron chi connectivity index (χ2n) is 3.68. The maximum atomic E-state index is 13.9. The van der Waals surface area contributed by atoms with Gasteiger partial charge in [0, 0.05) is 5.92 Å². The Labute approximate surface area is 91.8 Å². The zero-order valence-electron chi connectivity index (χ0n) is 8.34. The van der Waals surface area contributed by atoms with E-state index in [2.05, 4.69) is 15.9 Å². The maximum Gasteiger partial charge on any atom is 0.163 e. The highest BCUT2D eigenvalue weighted by Crippen LogP contribution is 2.35. The maximum absolute atomic E-state index is 13.9. The van der Waals surface area contributed by atoms with Gasteiger partial charge in [0.1, 0.15) is 0 Å². The average Bonchev–Trinajstić information content (AvgIpc) is 2.51. The zero-order valence-corrected chi connectivity index (χ0v) is 9.92. The normalized spacial score (nSPS) is 15.9. The molecule has 0 radical (unpaired) electrons. The lowest BCUT2D eigenvalue weighted by molar-refractivity contribution is 0.160. The smallest absolute Gasteiger partial charge is 0.163 e. The van der Waals surface area contributed by atoms with E-state index in [-0.39, 0.29) is 11.8 Å². The van der Waals surface area contributed by atoms with Gasteiger partial charge in [0.25, 0.3) is 0 Å². The van der Waals surface area contributed by atoms with Crippen LogP contribution in [0.4, 0.5) is 4.39 Å². The molecule has 0 bridgehead atoms. The summed E-state index contributed by atoms with van der Waals surface area (Å²) in [4.78, 5) is 0. The highest BCUT2D eigenvalue weighted by Gasteiger charge is 2.28. The fourth-order valence-electron chi connectivity index (χ4n) is 1.43. The minimum Gasteiger partial charge on any atom is -0.465 e. The summed E-state index contributed by atoms with van der Waals surface area (Å²) in [6.45, 7) is 4.24. The predicted molar refractivity (Wildman–Crippen MR) is 57.6 cm³/mol. The Kier molecular flexibility index (Phi) is 4.13. The molecule has 0 spiro atoms. The summed E-state index contributed by atoms with van der Waals surface area (Å²) in [6, 6.07) is 1.69. The van der Waals surface area contributed by atoms with Crippen molar-refractivity contribution in [3.05, 3.63) is 22.6 Å². The molecule has 1 rings (SSSR count). The van der Waals surface area contributed by atoms with Gasteiger partial charge in [-0.15, -0.1) is 0 Å². The highest BCUT2D eigenvalue weighted by molar-refractivity contribution is 9.10. The van der Waals surface area contributed by atoms with E-state index in [0.29, 0.717) is 16.8 Å². The molecule has 0 aliphatic heterocycles. The Bertz CT molecular complexity index is 287. The molecule has 0 aliphatic carbocycles. The van der Waals surface area contributed by atoms with Crippen LogP contribution in [-0.2, 0) is 0 Å². The van der Waals surface area contributed by atoms with Crippen LogP contribution in [0.3, 0.4) is 0 Å². The summed E-state index contributed by atoms with van der Waals surface area (Å²) in [7, 11) is 0. The molecular weight excluding hydrogens is 249 g/mol. The van der Waals surface area contributed by atoms with Crippen LogP contribution in [0.2, 0.25) is 0 Å². The molecule has 1 aromatic rings. The molecule has 4 heteroatoms. The van der Waals surface area contributed by atoms with Gasteiger partial charge < -0.3 is 10.2 Å². The van der Waals surface area contributed by atoms with Gasteiger partial charge in [-0.2, -0.15) is 0 Å². The fourth-order valence-corrected chi connectivity index (χ4v) is 1.85. The van der Waals surface area contributed by atoms with E-state index >= 15 is 0 Å². The third-order valence-electron chi connectivity index (χ3n) is 2.40. The van der Waals surface area contributed by atoms with Crippen LogP contribution in [-0.4, -0.2) is 6.54 Å². The second kappa shape index (κ2) is 4.94. The molecule has 2 unspecified atom stereocenters. The summed E-state index contributed by atoms with van der Waals surface area (Å²) in [5.41, 5.74) is 5.53. The van der Waals surface area contributed by atoms with Crippen LogP contribution in [0, 0.1) is 11.8 Å². The third kappa shape index (κ3) is 2.36. The molecule has 0 aromatic carbocycles. The van der Waals surface area contributed by atoms with Crippen molar-refractivity contribution < 1.29 is 8.81 Å². The largest absolute Gasteiger partial charge is 0.465 e. The summed E-state index contributed by atoms with van der Waals surface area (Å²) >= 11 is 3.24. The van der Waals surface area contributed by atoms with Crippen LogP contribution in [0.15, 0.2) is 21.2 Å². The van der Waals surface area contributed by atoms with E-state index in [0.717, 1.165) is 0 Å². The van der Waals surface area contributed by atoms with E-state index in [1.54, 1.807) is 6.07 Å². The number of hydrogen-bond donors (Lipinski definition) is 1. The number of hydrogen-bond acceptors (Lipinski definition) is 2. The van der Waals surface area contributed by atoms with Crippen molar-refractivity contribution in [1.29, 1.82) is 0 Å². The van der Waals surface area contributed by atoms with Crippen LogP contribution in [0.1, 0.15) is 25.8 Å². The van der Waals surface area contributed by atoms with E-state index in [1.807, 2.05) is 13.8 Å². The third-order valence-corrected chi connectivity index (χ3v) is 3.05. The Morgan fingerprint density at radius 3 is 2.57 bits per heavy atom. The van der Waals surface area contributed by atoms with Gasteiger partial charge >= 0.3 is 0 Å². The number of alkyl halides is 1. The Balaban J connectivity index is 2.83. The number of furan rings is 1. The van der Waals surface area contributed by atoms with Crippen molar-refractivity contribution in [1.82, 2.24) is 0 Å². The molecule has 14 heavy (non-hydrogen) atoms. The Hall–Kier alpha value is -0.350. The SMILES string of the molecule is CC(C)C(CN)C(F)c1occc1Br. The quantitative estimate of drug-likeness (QED) is 0.906. The summed E-state index contributed by atoms with van der Waals surface area (Å²) in [5, 5.41) is 0. The standard InChI is InChI=1S/C10H15BrFNO/c1-6(2)7(5-13)9(12)10-8(11)3-4-14-10/h3-4,6-7,9H,5,13H2,1-2H3. The molecule has 2 nitrogen and oxygen atoms in total. The van der Waals surface area contributed by atoms with E-state index in [4.69, 9.17) is 10.2 Å². The van der Waals surface area contributed by atoms with Crippen LogP contribution >= 0.6 is 15.9 Å². The molecule has 80 valence electrons. The first kappa shape index (κ1) is 11.7. The summed E-state index contributed by atoms with van der Waals surface area (Å²) in [6.07, 6.45) is 0.337. The predicted octanol–water partition coefficient (Wildman–Crippen LogP) is 3.28. The molecule has 0 saturated carbocycles. The van der Waals surface area contributed by atoms with Crippen LogP contribution < -0.4 is 5.73 Å². The number of halogens is 2. The van der Waals surface area contributed by atoms with Gasteiger partial charge in [-0.1, -0.05) is 13.8 Å². The second-order valence-corrected chi connectivity index (χ2v) is 4.53. The lowest BCUT2D eigenvalue weighted by atomic mass is 9.90. The first-order valence-corrected chi connectivity index (χ1v) is 5.44. The lowest BCUT2D eigenvalue weighted by Gasteiger charge is -2.21. The van der Waals surface area contributed by atoms with Gasteiger partial charge in [-0.05, 0) is 34.5 Å². The molecule has 0 fully saturated rings. The fraction of sp³-hybridized carbons (Fsp3) is 0.600. The van der Waals surface area contributed by atoms with E-state index in [9.17, 15) is 4.39 Å². The van der Waals surface area contributed by atoms with Crippen molar-refractivity contribution >= 4 is 15.9 Å². The molecule has 0 amide bonds. The van der Waals surface area contributed by atoms with Gasteiger partial charge in [-0.25, -0.2) is 4.39 Å². The molecule has 2 atom stereocenters. The number of rotatable bonds is 4. The zero-order chi connectivity index (χ0) is 10.7. The lowest BCUT2D eigenvalue weighted by Crippen LogP contribution is -2.24. The van der Waals surface area contributed by atoms with E-state index < -0.39 is 6.17 Å². The first-order valence-electron chi connectivity index (χ1n) is 4.65. The van der Waals surface area contributed by atoms with Crippen molar-refractivity contribution in [2.75, 3.05) is 6.54 Å². The van der Waals surface area contributed by atoms with Crippen LogP contribution in [0.25, 0.3) is 0 Å². The highest BCUT2D eigenvalue weighted by atomic mass is 79.9. The average molecular weight is 264 g/mol. The van der Waals surface area contributed by atoms with Crippen molar-refractivity contribution in [2.45, 2.75) is 20.0 Å². The summed E-state index contributed by atoms with van der Waals surface area (Å²) in [5.74, 6) is 0.346. The molecule has 1 aromatic heterocycles. The summed E-state index contributed by atoms with van der Waals surface area (Å²) < 4.78 is 19.7. The molecule has 0 aliphatic rings. The van der Waals surface area contributed by atoms with Gasteiger partial charge in [0.2, 0.25) is 0 Å². The molecule has 0 saturated heterocycles. The minimum atomic E-state index is -1.13. The van der Waals surface area contributed by atoms with Gasteiger partial charge in [-0.3, -0.25) is 0 Å². The van der Waals surface area contributed by atoms with E-state index in [1.165, 1.54) is 6.26 Å². The monoisotopic (exact) mass is 263 g/mol. The number of nitrogens with two attached hydrogens (primary N) is 1. The Morgan fingerprint density at radius 2 is 2.21 bits per heavy atom. The minimum absolute atomic E-state index is 0.197. The molecular formula is C10H15BrFNO. The van der Waals surface area contributed by atoms with Crippen LogP contribution in [0.5, 0.6) is 0 Å². The molecule has 1 heterocycles. The van der Waals surface area contributed by atoms with Gasteiger partial charge in [0.15, 0.2) is 11.9 Å². The van der Waals surface area contributed by atoms with Gasteiger partial charge in [0.05, 0.1) is 10.7 Å². The van der Waals surface area contributed by atoms with Crippen molar-refractivity contribution in [3.8, 4) is 0 Å². The van der Waals surface area contributed by atoms with Crippen molar-refractivity contribution in [3.63, 3.8) is 0 Å². The Morgan fingerprint density at radius 1 is 1.57 bits per heavy atom. The van der Waals surface area contributed by atoms with Crippen molar-refractivity contribution in [2.24, 2.45) is 17.6 Å². The molecule has 2 N–H and O–H groups in total. The first-order chi connectivity index (χ1) is 6.57. The topological polar surface area (TPSA) is 39.2 Å².